The molecule has 0 aliphatic rings. The van der Waals surface area contributed by atoms with Crippen LogP contribution in [0.15, 0.2) is 0 Å². The van der Waals surface area contributed by atoms with Crippen LogP contribution in [0.3, 0.4) is 0 Å². The van der Waals surface area contributed by atoms with Gasteiger partial charge in [-0.05, 0) is 55.9 Å². The number of carbonyl (C=O) groups excluding carboxylic acids is 5. The summed E-state index contributed by atoms with van der Waals surface area (Å²) in [6.07, 6.45) is 1.20. The van der Waals surface area contributed by atoms with E-state index >= 15 is 0 Å². The van der Waals surface area contributed by atoms with E-state index in [-0.39, 0.29) is 43.9 Å². The third-order valence-corrected chi connectivity index (χ3v) is 6.86. The van der Waals surface area contributed by atoms with E-state index in [1.165, 1.54) is 11.8 Å². The van der Waals surface area contributed by atoms with Gasteiger partial charge in [0.1, 0.15) is 24.2 Å². The summed E-state index contributed by atoms with van der Waals surface area (Å²) in [5.41, 5.74) is 11.2. The van der Waals surface area contributed by atoms with E-state index < -0.39 is 78.1 Å². The standard InChI is InChI=1S/C27H48N6O9S/c1-14(2)12-16(28)23(37)30-17(6-8-21(29)34)24(38)33-20(13-15(3)4)26(40)31-18(10-11-43-5)25(39)32-19(27(41)42)7-9-22(35)36/h14-20H,6-13,28H2,1-5H3,(H2,29,34)(H,30,37)(H,31,40)(H,32,39)(H,33,38)(H,35,36)(H,41,42)/t16-,17-,18-,19-,20-/m0/s1. The molecule has 0 fully saturated rings. The normalized spacial score (nSPS) is 14.6. The van der Waals surface area contributed by atoms with Gasteiger partial charge in [-0.25, -0.2) is 4.79 Å². The maximum Gasteiger partial charge on any atom is 0.326 e. The van der Waals surface area contributed by atoms with E-state index in [2.05, 4.69) is 21.3 Å². The van der Waals surface area contributed by atoms with Crippen molar-refractivity contribution in [1.29, 1.82) is 0 Å². The lowest BCUT2D eigenvalue weighted by molar-refractivity contribution is -0.143. The Balaban J connectivity index is 5.88. The summed E-state index contributed by atoms with van der Waals surface area (Å²) in [5, 5.41) is 28.3. The molecule has 5 amide bonds. The molecule has 0 heterocycles. The van der Waals surface area contributed by atoms with Gasteiger partial charge in [0.15, 0.2) is 0 Å². The van der Waals surface area contributed by atoms with Gasteiger partial charge in [0, 0.05) is 12.8 Å². The first kappa shape index (κ1) is 39.6. The molecule has 0 rings (SSSR count). The fraction of sp³-hybridized carbons (Fsp3) is 0.741. The molecule has 0 saturated carbocycles. The maximum absolute atomic E-state index is 13.4. The maximum atomic E-state index is 13.4. The van der Waals surface area contributed by atoms with Gasteiger partial charge in [0.2, 0.25) is 29.5 Å². The highest BCUT2D eigenvalue weighted by molar-refractivity contribution is 7.98. The Bertz CT molecular complexity index is 979. The van der Waals surface area contributed by atoms with Crippen LogP contribution in [-0.4, -0.2) is 93.9 Å². The average Bonchev–Trinajstić information content (AvgIpc) is 2.89. The van der Waals surface area contributed by atoms with Crippen molar-refractivity contribution >= 4 is 53.2 Å². The van der Waals surface area contributed by atoms with Crippen molar-refractivity contribution in [2.45, 2.75) is 103 Å². The fourth-order valence-electron chi connectivity index (χ4n) is 4.00. The lowest BCUT2D eigenvalue weighted by atomic mass is 10.0. The van der Waals surface area contributed by atoms with Crippen molar-refractivity contribution in [3.8, 4) is 0 Å². The van der Waals surface area contributed by atoms with Crippen LogP contribution in [0.4, 0.5) is 0 Å². The molecule has 0 bridgehead atoms. The number of nitrogens with one attached hydrogen (secondary N) is 4. The number of amides is 5. The molecule has 16 heteroatoms. The smallest absolute Gasteiger partial charge is 0.326 e. The zero-order chi connectivity index (χ0) is 33.3. The van der Waals surface area contributed by atoms with E-state index in [1.807, 2.05) is 27.7 Å². The Hall–Kier alpha value is -3.40. The van der Waals surface area contributed by atoms with Crippen molar-refractivity contribution in [2.75, 3.05) is 12.0 Å². The lowest BCUT2D eigenvalue weighted by Crippen LogP contribution is -2.58. The number of primary amides is 1. The van der Waals surface area contributed by atoms with Crippen molar-refractivity contribution in [2.24, 2.45) is 23.3 Å². The third-order valence-electron chi connectivity index (χ3n) is 6.22. The minimum absolute atomic E-state index is 0.0972. The highest BCUT2D eigenvalue weighted by atomic mass is 32.2. The van der Waals surface area contributed by atoms with Crippen LogP contribution < -0.4 is 32.7 Å². The summed E-state index contributed by atoms with van der Waals surface area (Å²) in [5.74, 6) is -5.82. The number of hydrogen-bond donors (Lipinski definition) is 8. The molecule has 15 nitrogen and oxygen atoms in total. The fourth-order valence-corrected chi connectivity index (χ4v) is 4.47. The molecular formula is C27H48N6O9S. The van der Waals surface area contributed by atoms with Gasteiger partial charge in [-0.1, -0.05) is 27.7 Å². The second kappa shape index (κ2) is 20.5. The molecule has 0 aromatic carbocycles. The number of thioether (sulfide) groups is 1. The van der Waals surface area contributed by atoms with Gasteiger partial charge in [-0.2, -0.15) is 11.8 Å². The molecular weight excluding hydrogens is 584 g/mol. The molecule has 5 atom stereocenters. The highest BCUT2D eigenvalue weighted by Crippen LogP contribution is 2.10. The van der Waals surface area contributed by atoms with Gasteiger partial charge in [-0.15, -0.1) is 0 Å². The first-order valence-corrected chi connectivity index (χ1v) is 15.6. The monoisotopic (exact) mass is 632 g/mol. The quantitative estimate of drug-likeness (QED) is 0.0741. The Morgan fingerprint density at radius 2 is 1.09 bits per heavy atom. The molecule has 246 valence electrons. The van der Waals surface area contributed by atoms with Gasteiger partial charge < -0.3 is 42.9 Å². The molecule has 0 saturated heterocycles. The second-order valence-corrected chi connectivity index (χ2v) is 12.2. The Morgan fingerprint density at radius 1 is 0.651 bits per heavy atom. The molecule has 10 N–H and O–H groups in total. The number of nitrogens with two attached hydrogens (primary N) is 2. The van der Waals surface area contributed by atoms with Gasteiger partial charge in [0.05, 0.1) is 6.04 Å². The lowest BCUT2D eigenvalue weighted by Gasteiger charge is -2.27. The zero-order valence-corrected chi connectivity index (χ0v) is 26.3. The largest absolute Gasteiger partial charge is 0.481 e. The molecule has 0 radical (unpaired) electrons. The number of carboxylic acid groups (broad SMARTS) is 2. The van der Waals surface area contributed by atoms with E-state index in [1.54, 1.807) is 6.26 Å². The first-order chi connectivity index (χ1) is 20.0. The van der Waals surface area contributed by atoms with Gasteiger partial charge in [0.25, 0.3) is 0 Å². The Morgan fingerprint density at radius 3 is 1.56 bits per heavy atom. The van der Waals surface area contributed by atoms with Crippen molar-refractivity contribution < 1.29 is 43.8 Å². The van der Waals surface area contributed by atoms with Crippen molar-refractivity contribution in [3.05, 3.63) is 0 Å². The summed E-state index contributed by atoms with van der Waals surface area (Å²) in [6.45, 7) is 7.37. The predicted molar refractivity (Wildman–Crippen MR) is 161 cm³/mol. The van der Waals surface area contributed by atoms with Crippen LogP contribution in [0.5, 0.6) is 0 Å². The Kier molecular flexibility index (Phi) is 18.9. The molecule has 0 aliphatic carbocycles. The van der Waals surface area contributed by atoms with E-state index in [4.69, 9.17) is 16.6 Å². The van der Waals surface area contributed by atoms with Crippen molar-refractivity contribution in [3.63, 3.8) is 0 Å². The predicted octanol–water partition coefficient (Wildman–Crippen LogP) is -0.687. The summed E-state index contributed by atoms with van der Waals surface area (Å²) in [6, 6.07) is -5.95. The Labute approximate surface area is 256 Å². The van der Waals surface area contributed by atoms with Gasteiger partial charge in [-0.3, -0.25) is 28.8 Å². The molecule has 0 aromatic heterocycles. The van der Waals surface area contributed by atoms with E-state index in [0.717, 1.165) is 0 Å². The number of hydrogen-bond acceptors (Lipinski definition) is 9. The molecule has 43 heavy (non-hydrogen) atoms. The van der Waals surface area contributed by atoms with E-state index in [9.17, 15) is 38.7 Å². The summed E-state index contributed by atoms with van der Waals surface area (Å²) in [4.78, 5) is 86.2. The van der Waals surface area contributed by atoms with Crippen molar-refractivity contribution in [1.82, 2.24) is 21.3 Å². The third kappa shape index (κ3) is 17.3. The molecule has 0 spiro atoms. The topological polar surface area (TPSA) is 260 Å². The minimum atomic E-state index is -1.49. The SMILES string of the molecule is CSCC[C@H](NC(=O)[C@H](CC(C)C)NC(=O)[C@H](CCC(N)=O)NC(=O)[C@@H](N)CC(C)C)C(=O)N[C@@H](CCC(=O)O)C(=O)O. The number of rotatable bonds is 22. The molecule has 0 aromatic rings. The summed E-state index contributed by atoms with van der Waals surface area (Å²) in [7, 11) is 0. The van der Waals surface area contributed by atoms with Crippen LogP contribution in [0.2, 0.25) is 0 Å². The van der Waals surface area contributed by atoms with Crippen LogP contribution in [0.25, 0.3) is 0 Å². The van der Waals surface area contributed by atoms with Crippen LogP contribution >= 0.6 is 11.8 Å². The summed E-state index contributed by atoms with van der Waals surface area (Å²) < 4.78 is 0. The molecule has 0 aliphatic heterocycles. The van der Waals surface area contributed by atoms with E-state index in [0.29, 0.717) is 12.2 Å². The summed E-state index contributed by atoms with van der Waals surface area (Å²) >= 11 is 1.38. The van der Waals surface area contributed by atoms with Crippen LogP contribution in [0, 0.1) is 11.8 Å². The number of carboxylic acids is 2. The first-order valence-electron chi connectivity index (χ1n) is 14.2. The second-order valence-electron chi connectivity index (χ2n) is 11.2. The van der Waals surface area contributed by atoms with Crippen LogP contribution in [-0.2, 0) is 33.6 Å². The number of carbonyl (C=O) groups is 7. The highest BCUT2D eigenvalue weighted by Gasteiger charge is 2.32. The molecule has 0 unspecified atom stereocenters. The van der Waals surface area contributed by atoms with Gasteiger partial charge >= 0.3 is 11.9 Å². The number of aliphatic carboxylic acids is 2. The average molecular weight is 633 g/mol. The zero-order valence-electron chi connectivity index (χ0n) is 25.5. The van der Waals surface area contributed by atoms with Crippen LogP contribution in [0.1, 0.15) is 72.6 Å². The minimum Gasteiger partial charge on any atom is -0.481 e.